The second kappa shape index (κ2) is 11.2. The molecule has 38 heavy (non-hydrogen) atoms. The molecule has 0 saturated carbocycles. The molecule has 5 rings (SSSR count). The molecule has 0 radical (unpaired) electrons. The van der Waals surface area contributed by atoms with Gasteiger partial charge >= 0.3 is 0 Å². The van der Waals surface area contributed by atoms with E-state index in [1.54, 1.807) is 10.4 Å². The van der Waals surface area contributed by atoms with Gasteiger partial charge in [-0.25, -0.2) is 8.42 Å². The molecule has 0 aromatic heterocycles. The summed E-state index contributed by atoms with van der Waals surface area (Å²) < 4.78 is 29.5. The maximum atomic E-state index is 14.0. The highest BCUT2D eigenvalue weighted by atomic mass is 35.5. The number of nitrogens with zero attached hydrogens (tertiary/aromatic N) is 3. The zero-order chi connectivity index (χ0) is 26.9. The molecule has 2 heterocycles. The van der Waals surface area contributed by atoms with Crippen molar-refractivity contribution in [1.29, 1.82) is 0 Å². The molecule has 0 bridgehead atoms. The minimum Gasteiger partial charge on any atom is -0.368 e. The van der Waals surface area contributed by atoms with E-state index < -0.39 is 10.0 Å². The fourth-order valence-corrected chi connectivity index (χ4v) is 7.00. The summed E-state index contributed by atoms with van der Waals surface area (Å²) in [4.78, 5) is 4.73. The second-order valence-electron chi connectivity index (χ2n) is 9.90. The van der Waals surface area contributed by atoms with Gasteiger partial charge in [-0.1, -0.05) is 71.7 Å². The highest BCUT2D eigenvalue weighted by Crippen LogP contribution is 2.34. The molecule has 2 aliphatic heterocycles. The molecule has 200 valence electrons. The van der Waals surface area contributed by atoms with Crippen molar-refractivity contribution in [3.8, 4) is 0 Å². The second-order valence-corrected chi connectivity index (χ2v) is 12.7. The van der Waals surface area contributed by atoms with Crippen molar-refractivity contribution in [3.63, 3.8) is 0 Å². The predicted molar refractivity (Wildman–Crippen MR) is 155 cm³/mol. The van der Waals surface area contributed by atoms with E-state index in [-0.39, 0.29) is 22.5 Å². The number of anilines is 1. The van der Waals surface area contributed by atoms with E-state index in [0.29, 0.717) is 18.1 Å². The summed E-state index contributed by atoms with van der Waals surface area (Å²) in [5.74, 6) is 0. The van der Waals surface area contributed by atoms with E-state index in [2.05, 4.69) is 47.3 Å². The number of fused-ring (bicyclic) bond motifs is 1. The third-order valence-corrected chi connectivity index (χ3v) is 10.1. The van der Waals surface area contributed by atoms with Gasteiger partial charge in [0, 0.05) is 37.6 Å². The van der Waals surface area contributed by atoms with Gasteiger partial charge in [-0.15, -0.1) is 0 Å². The summed E-state index contributed by atoms with van der Waals surface area (Å²) in [6.45, 7) is 4.20. The maximum Gasteiger partial charge on any atom is 0.243 e. The van der Waals surface area contributed by atoms with Crippen molar-refractivity contribution >= 4 is 38.9 Å². The van der Waals surface area contributed by atoms with Crippen molar-refractivity contribution in [3.05, 3.63) is 105 Å². The molecular formula is C29H32Cl2N4O2S. The quantitative estimate of drug-likeness (QED) is 0.393. The average Bonchev–Trinajstić information content (AvgIpc) is 3.14. The van der Waals surface area contributed by atoms with Crippen LogP contribution in [0.3, 0.4) is 0 Å². The minimum absolute atomic E-state index is 0.0515. The van der Waals surface area contributed by atoms with Crippen LogP contribution < -0.4 is 10.2 Å². The van der Waals surface area contributed by atoms with Crippen LogP contribution in [0.2, 0.25) is 10.0 Å². The molecule has 9 heteroatoms. The largest absolute Gasteiger partial charge is 0.368 e. The van der Waals surface area contributed by atoms with Crippen LogP contribution in [0.4, 0.5) is 5.69 Å². The highest BCUT2D eigenvalue weighted by Gasteiger charge is 2.35. The third kappa shape index (κ3) is 5.52. The molecule has 3 aromatic rings. The van der Waals surface area contributed by atoms with E-state index >= 15 is 0 Å². The Labute approximate surface area is 235 Å². The Bertz CT molecular complexity index is 1450. The van der Waals surface area contributed by atoms with E-state index in [9.17, 15) is 8.42 Å². The van der Waals surface area contributed by atoms with E-state index in [0.717, 1.165) is 36.5 Å². The van der Waals surface area contributed by atoms with Crippen LogP contribution in [-0.2, 0) is 23.0 Å². The molecule has 0 fully saturated rings. The SMILES string of the molecule is CC1=C(CN2c3ccccc3CN(S(=O)(=O)c3ccc(Cl)c(Cl)c3)CC2CCc2ccccc2)NCN1C. The van der Waals surface area contributed by atoms with Gasteiger partial charge in [0.25, 0.3) is 0 Å². The zero-order valence-electron chi connectivity index (χ0n) is 21.6. The first kappa shape index (κ1) is 26.9. The Hall–Kier alpha value is -2.71. The molecular weight excluding hydrogens is 539 g/mol. The average molecular weight is 572 g/mol. The van der Waals surface area contributed by atoms with Crippen LogP contribution in [0.1, 0.15) is 24.5 Å². The molecule has 0 aliphatic carbocycles. The molecule has 3 aromatic carbocycles. The molecule has 1 N–H and O–H groups in total. The summed E-state index contributed by atoms with van der Waals surface area (Å²) in [6.07, 6.45) is 1.64. The molecule has 0 spiro atoms. The summed E-state index contributed by atoms with van der Waals surface area (Å²) in [7, 11) is -1.75. The van der Waals surface area contributed by atoms with Gasteiger partial charge in [0.1, 0.15) is 0 Å². The van der Waals surface area contributed by atoms with Crippen LogP contribution in [0.5, 0.6) is 0 Å². The lowest BCUT2D eigenvalue weighted by Crippen LogP contribution is -2.45. The van der Waals surface area contributed by atoms with Crippen molar-refractivity contribution in [2.75, 3.05) is 31.7 Å². The lowest BCUT2D eigenvalue weighted by molar-refractivity contribution is 0.372. The van der Waals surface area contributed by atoms with Gasteiger partial charge in [0.2, 0.25) is 10.0 Å². The molecule has 1 atom stereocenters. The number of nitrogens with one attached hydrogen (secondary N) is 1. The maximum absolute atomic E-state index is 14.0. The van der Waals surface area contributed by atoms with Crippen LogP contribution in [0.15, 0.2) is 89.1 Å². The summed E-state index contributed by atoms with van der Waals surface area (Å²) in [6, 6.07) is 22.9. The number of aryl methyl sites for hydroxylation is 1. The Kier molecular flexibility index (Phi) is 7.91. The summed E-state index contributed by atoms with van der Waals surface area (Å²) in [5.41, 5.74) is 5.64. The molecule has 2 aliphatic rings. The standard InChI is InChI=1S/C29H32Cl2N4O2S/c1-21-28(32-20-33(21)2)19-35-24(13-12-22-8-4-3-5-9-22)18-34(17-23-10-6-7-11-29(23)35)38(36,37)25-14-15-26(30)27(31)16-25/h3-11,14-16,24,32H,12-13,17-20H2,1-2H3. The van der Waals surface area contributed by atoms with E-state index in [1.165, 1.54) is 23.4 Å². The van der Waals surface area contributed by atoms with Crippen molar-refractivity contribution in [2.45, 2.75) is 37.2 Å². The van der Waals surface area contributed by atoms with Crippen LogP contribution >= 0.6 is 23.2 Å². The zero-order valence-corrected chi connectivity index (χ0v) is 23.9. The Morgan fingerprint density at radius 1 is 0.974 bits per heavy atom. The van der Waals surface area contributed by atoms with Crippen LogP contribution in [0, 0.1) is 0 Å². The topological polar surface area (TPSA) is 55.9 Å². The number of benzene rings is 3. The number of rotatable bonds is 7. The van der Waals surface area contributed by atoms with Crippen molar-refractivity contribution in [2.24, 2.45) is 0 Å². The normalized spacial score (nSPS) is 18.4. The molecule has 1 unspecified atom stereocenters. The number of allylic oxidation sites excluding steroid dienone is 1. The molecule has 0 saturated heterocycles. The van der Waals surface area contributed by atoms with Crippen molar-refractivity contribution < 1.29 is 8.42 Å². The van der Waals surface area contributed by atoms with Gasteiger partial charge in [-0.2, -0.15) is 4.31 Å². The van der Waals surface area contributed by atoms with Crippen LogP contribution in [0.25, 0.3) is 0 Å². The highest BCUT2D eigenvalue weighted by molar-refractivity contribution is 7.89. The third-order valence-electron chi connectivity index (χ3n) is 7.51. The van der Waals surface area contributed by atoms with E-state index in [1.807, 2.05) is 36.4 Å². The lowest BCUT2D eigenvalue weighted by atomic mass is 10.0. The molecule has 6 nitrogen and oxygen atoms in total. The Balaban J connectivity index is 1.55. The number of hydrogen-bond acceptors (Lipinski definition) is 5. The first-order valence-electron chi connectivity index (χ1n) is 12.7. The van der Waals surface area contributed by atoms with Gasteiger partial charge in [-0.05, 0) is 55.2 Å². The summed E-state index contributed by atoms with van der Waals surface area (Å²) >= 11 is 12.3. The fraction of sp³-hybridized carbons (Fsp3) is 0.310. The smallest absolute Gasteiger partial charge is 0.243 e. The lowest BCUT2D eigenvalue weighted by Gasteiger charge is -2.35. The Morgan fingerprint density at radius 2 is 1.71 bits per heavy atom. The minimum atomic E-state index is -3.83. The van der Waals surface area contributed by atoms with Gasteiger partial charge in [-0.3, -0.25) is 0 Å². The predicted octanol–water partition coefficient (Wildman–Crippen LogP) is 5.73. The monoisotopic (exact) mass is 570 g/mol. The van der Waals surface area contributed by atoms with Gasteiger partial charge in [0.05, 0.1) is 33.9 Å². The number of sulfonamides is 1. The number of halogens is 2. The molecule has 0 amide bonds. The van der Waals surface area contributed by atoms with E-state index in [4.69, 9.17) is 23.2 Å². The fourth-order valence-electron chi connectivity index (χ4n) is 5.15. The van der Waals surface area contributed by atoms with Crippen LogP contribution in [-0.4, -0.2) is 50.5 Å². The Morgan fingerprint density at radius 3 is 2.42 bits per heavy atom. The van der Waals surface area contributed by atoms with Gasteiger partial charge in [0.15, 0.2) is 0 Å². The van der Waals surface area contributed by atoms with Gasteiger partial charge < -0.3 is 15.1 Å². The first-order chi connectivity index (χ1) is 18.2. The first-order valence-corrected chi connectivity index (χ1v) is 14.9. The number of hydrogen-bond donors (Lipinski definition) is 1. The van der Waals surface area contributed by atoms with Crippen molar-refractivity contribution in [1.82, 2.24) is 14.5 Å². The number of para-hydroxylation sites is 1. The summed E-state index contributed by atoms with van der Waals surface area (Å²) in [5, 5.41) is 4.09.